The van der Waals surface area contributed by atoms with Gasteiger partial charge in [-0.05, 0) is 78.1 Å². The monoisotopic (exact) mass is 648 g/mol. The predicted molar refractivity (Wildman–Crippen MR) is 180 cm³/mol. The lowest BCUT2D eigenvalue weighted by Gasteiger charge is -2.19. The van der Waals surface area contributed by atoms with Gasteiger partial charge >= 0.3 is 0 Å². The smallest absolute Gasteiger partial charge is 0.251 e. The molecule has 0 fully saturated rings. The van der Waals surface area contributed by atoms with E-state index >= 15 is 0 Å². The second kappa shape index (κ2) is 12.6. The van der Waals surface area contributed by atoms with Crippen molar-refractivity contribution in [2.45, 2.75) is 52.7 Å². The molecule has 0 saturated heterocycles. The third kappa shape index (κ3) is 6.06. The van der Waals surface area contributed by atoms with Crippen LogP contribution in [-0.2, 0) is 19.4 Å². The van der Waals surface area contributed by atoms with Crippen LogP contribution in [0.2, 0.25) is 0 Å². The summed E-state index contributed by atoms with van der Waals surface area (Å²) in [6, 6.07) is 18.4. The number of anilines is 1. The van der Waals surface area contributed by atoms with Gasteiger partial charge in [0.1, 0.15) is 24.0 Å². The maximum atomic E-state index is 13.6. The van der Waals surface area contributed by atoms with Crippen molar-refractivity contribution >= 4 is 33.1 Å². The number of nitrogens with two attached hydrogens (primary N) is 1. The molecule has 47 heavy (non-hydrogen) atoms. The van der Waals surface area contributed by atoms with E-state index in [4.69, 9.17) is 24.9 Å². The SMILES string of the molecule is Cc1nnc(-c2c(COc3ccc(F)cc3)nc(CC(C)C)c(C(N)=O)c2-c2cc3ccnc(NC4CCc5ccccc54)c3s2)o1. The number of hydrogen-bond acceptors (Lipinski definition) is 9. The number of carbonyl (C=O) groups excluding carboxylic acids is 1. The molecule has 4 aromatic heterocycles. The van der Waals surface area contributed by atoms with Gasteiger partial charge in [-0.3, -0.25) is 9.78 Å². The molecule has 11 heteroatoms. The highest BCUT2D eigenvalue weighted by Gasteiger charge is 2.30. The highest BCUT2D eigenvalue weighted by molar-refractivity contribution is 7.23. The molecule has 0 radical (unpaired) electrons. The van der Waals surface area contributed by atoms with Gasteiger partial charge in [-0.15, -0.1) is 21.5 Å². The molecule has 0 aliphatic heterocycles. The van der Waals surface area contributed by atoms with Gasteiger partial charge in [0.15, 0.2) is 0 Å². The van der Waals surface area contributed by atoms with Crippen molar-refractivity contribution in [2.24, 2.45) is 11.7 Å². The summed E-state index contributed by atoms with van der Waals surface area (Å²) in [5.41, 5.74) is 11.2. The third-order valence-electron chi connectivity index (χ3n) is 8.25. The number of amides is 1. The summed E-state index contributed by atoms with van der Waals surface area (Å²) in [7, 11) is 0. The van der Waals surface area contributed by atoms with E-state index < -0.39 is 5.91 Å². The number of aryl methyl sites for hydroxylation is 2. The van der Waals surface area contributed by atoms with Gasteiger partial charge in [-0.25, -0.2) is 9.37 Å². The molecule has 2 aromatic carbocycles. The minimum atomic E-state index is -0.608. The Hall–Kier alpha value is -5.16. The predicted octanol–water partition coefficient (Wildman–Crippen LogP) is 7.83. The standard InChI is InChI=1S/C36H33FN6O3S/c1-19(2)16-27-30(34(38)44)32(31(36-43-42-20(3)46-36)28(40-27)18-45-24-11-9-23(37)10-12-24)29-17-22-14-15-39-35(33(22)47-29)41-26-13-8-21-6-4-5-7-25(21)26/h4-7,9-12,14-15,17,19,26H,8,13,16,18H2,1-3H3,(H2,38,44)(H,39,41). The van der Waals surface area contributed by atoms with Gasteiger partial charge in [0, 0.05) is 23.6 Å². The van der Waals surface area contributed by atoms with E-state index in [2.05, 4.69) is 53.6 Å². The molecule has 238 valence electrons. The van der Waals surface area contributed by atoms with Crippen LogP contribution in [0.15, 0.2) is 71.3 Å². The molecule has 4 heterocycles. The van der Waals surface area contributed by atoms with Crippen molar-refractivity contribution in [3.63, 3.8) is 0 Å². The van der Waals surface area contributed by atoms with Gasteiger partial charge in [-0.2, -0.15) is 0 Å². The van der Waals surface area contributed by atoms with Gasteiger partial charge < -0.3 is 20.2 Å². The van der Waals surface area contributed by atoms with Gasteiger partial charge in [0.05, 0.1) is 33.3 Å². The zero-order chi connectivity index (χ0) is 32.7. The minimum absolute atomic E-state index is 0.000123. The first-order valence-corrected chi connectivity index (χ1v) is 16.3. The fraction of sp³-hybridized carbons (Fsp3) is 0.250. The van der Waals surface area contributed by atoms with E-state index in [1.807, 2.05) is 12.1 Å². The summed E-state index contributed by atoms with van der Waals surface area (Å²) in [5, 5.41) is 13.1. The lowest BCUT2D eigenvalue weighted by Crippen LogP contribution is -2.20. The maximum absolute atomic E-state index is 13.6. The second-order valence-electron chi connectivity index (χ2n) is 12.1. The molecule has 6 aromatic rings. The first-order chi connectivity index (χ1) is 22.7. The molecule has 0 saturated carbocycles. The molecule has 1 amide bonds. The van der Waals surface area contributed by atoms with Crippen molar-refractivity contribution < 1.29 is 18.3 Å². The van der Waals surface area contributed by atoms with E-state index in [9.17, 15) is 9.18 Å². The lowest BCUT2D eigenvalue weighted by atomic mass is 9.92. The summed E-state index contributed by atoms with van der Waals surface area (Å²) in [4.78, 5) is 23.8. The molecule has 1 atom stereocenters. The number of primary amides is 1. The topological polar surface area (TPSA) is 129 Å². The van der Waals surface area contributed by atoms with E-state index in [1.165, 1.54) is 34.6 Å². The van der Waals surface area contributed by atoms with Crippen molar-refractivity contribution in [1.82, 2.24) is 20.2 Å². The van der Waals surface area contributed by atoms with Crippen LogP contribution in [0.1, 0.15) is 65.1 Å². The Kier molecular flexibility index (Phi) is 8.15. The zero-order valence-corrected chi connectivity index (χ0v) is 27.0. The van der Waals surface area contributed by atoms with Crippen molar-refractivity contribution in [3.8, 4) is 27.6 Å². The van der Waals surface area contributed by atoms with Crippen molar-refractivity contribution in [3.05, 3.63) is 107 Å². The number of nitrogens with one attached hydrogen (secondary N) is 1. The van der Waals surface area contributed by atoms with Gasteiger partial charge in [0.2, 0.25) is 11.8 Å². The Balaban J connectivity index is 1.41. The van der Waals surface area contributed by atoms with Crippen molar-refractivity contribution in [1.29, 1.82) is 0 Å². The largest absolute Gasteiger partial charge is 0.487 e. The first kappa shape index (κ1) is 30.5. The highest BCUT2D eigenvalue weighted by atomic mass is 32.1. The minimum Gasteiger partial charge on any atom is -0.487 e. The summed E-state index contributed by atoms with van der Waals surface area (Å²) < 4.78 is 26.6. The molecule has 7 rings (SSSR count). The molecular formula is C36H33FN6O3S. The second-order valence-corrected chi connectivity index (χ2v) is 13.1. The van der Waals surface area contributed by atoms with Gasteiger partial charge in [0.25, 0.3) is 5.91 Å². The normalized spacial score (nSPS) is 14.1. The number of rotatable bonds is 10. The van der Waals surface area contributed by atoms with E-state index in [0.29, 0.717) is 46.1 Å². The first-order valence-electron chi connectivity index (χ1n) is 15.5. The summed E-state index contributed by atoms with van der Waals surface area (Å²) in [5.74, 6) is 0.979. The van der Waals surface area contributed by atoms with Crippen LogP contribution in [0.3, 0.4) is 0 Å². The number of aromatic nitrogens is 4. The van der Waals surface area contributed by atoms with Crippen LogP contribution in [0.25, 0.3) is 32.0 Å². The molecule has 9 nitrogen and oxygen atoms in total. The molecule has 0 bridgehead atoms. The van der Waals surface area contributed by atoms with Crippen LogP contribution in [-0.4, -0.2) is 26.1 Å². The van der Waals surface area contributed by atoms with Crippen LogP contribution >= 0.6 is 11.3 Å². The number of pyridine rings is 2. The lowest BCUT2D eigenvalue weighted by molar-refractivity contribution is 0.0999. The van der Waals surface area contributed by atoms with Crippen molar-refractivity contribution in [2.75, 3.05) is 5.32 Å². The number of thiophene rings is 1. The number of fused-ring (bicyclic) bond motifs is 2. The Labute approximate surface area is 275 Å². The number of nitrogens with zero attached hydrogens (tertiary/aromatic N) is 4. The number of ether oxygens (including phenoxy) is 1. The highest BCUT2D eigenvalue weighted by Crippen LogP contribution is 2.45. The van der Waals surface area contributed by atoms with Crippen LogP contribution in [0, 0.1) is 18.7 Å². The van der Waals surface area contributed by atoms with E-state index in [0.717, 1.165) is 33.6 Å². The molecular weight excluding hydrogens is 616 g/mol. The fourth-order valence-corrected chi connectivity index (χ4v) is 7.38. The number of carbonyl (C=O) groups is 1. The fourth-order valence-electron chi connectivity index (χ4n) is 6.21. The number of benzene rings is 2. The molecule has 1 aliphatic carbocycles. The zero-order valence-electron chi connectivity index (χ0n) is 26.2. The Morgan fingerprint density at radius 3 is 2.66 bits per heavy atom. The van der Waals surface area contributed by atoms with Gasteiger partial charge in [-0.1, -0.05) is 38.1 Å². The Bertz CT molecular complexity index is 2110. The Morgan fingerprint density at radius 2 is 1.91 bits per heavy atom. The quantitative estimate of drug-likeness (QED) is 0.154. The maximum Gasteiger partial charge on any atom is 0.251 e. The van der Waals surface area contributed by atoms with Crippen LogP contribution in [0.5, 0.6) is 5.75 Å². The summed E-state index contributed by atoms with van der Waals surface area (Å²) >= 11 is 1.51. The Morgan fingerprint density at radius 1 is 1.11 bits per heavy atom. The van der Waals surface area contributed by atoms with E-state index in [1.54, 1.807) is 25.3 Å². The summed E-state index contributed by atoms with van der Waals surface area (Å²) in [6.07, 6.45) is 4.27. The average Bonchev–Trinajstić information content (AvgIpc) is 3.79. The molecule has 0 spiro atoms. The molecule has 3 N–H and O–H groups in total. The van der Waals surface area contributed by atoms with Crippen LogP contribution < -0.4 is 15.8 Å². The number of hydrogen-bond donors (Lipinski definition) is 2. The molecule has 1 unspecified atom stereocenters. The summed E-state index contributed by atoms with van der Waals surface area (Å²) in [6.45, 7) is 5.81. The molecule has 1 aliphatic rings. The third-order valence-corrected chi connectivity index (χ3v) is 9.42. The average molecular weight is 649 g/mol. The van der Waals surface area contributed by atoms with Crippen LogP contribution in [0.4, 0.5) is 10.2 Å². The van der Waals surface area contributed by atoms with E-state index in [-0.39, 0.29) is 30.3 Å². The number of halogens is 1.